The van der Waals surface area contributed by atoms with Crippen molar-refractivity contribution >= 4 is 21.9 Å². The number of pyridine rings is 1. The molecule has 0 saturated carbocycles. The van der Waals surface area contributed by atoms with E-state index in [9.17, 15) is 0 Å². The molecule has 100 valence electrons. The highest BCUT2D eigenvalue weighted by molar-refractivity contribution is 9.10. The molecule has 0 radical (unpaired) electrons. The number of hydrogen-bond acceptors (Lipinski definition) is 5. The maximum Gasteiger partial charge on any atom is 0.316 e. The van der Waals surface area contributed by atoms with Crippen LogP contribution in [0.5, 0.6) is 0 Å². The Balaban J connectivity index is 1.67. The fraction of sp³-hybridized carbons (Fsp3) is 0.0714. The van der Waals surface area contributed by atoms with Gasteiger partial charge in [0.05, 0.1) is 0 Å². The molecule has 3 rings (SSSR count). The molecule has 3 aromatic rings. The number of anilines is 1. The van der Waals surface area contributed by atoms with Gasteiger partial charge in [0.15, 0.2) is 0 Å². The van der Waals surface area contributed by atoms with Gasteiger partial charge in [0.2, 0.25) is 5.89 Å². The smallest absolute Gasteiger partial charge is 0.316 e. The lowest BCUT2D eigenvalue weighted by Crippen LogP contribution is -1.99. The predicted octanol–water partition coefficient (Wildman–Crippen LogP) is 3.51. The minimum absolute atomic E-state index is 0.403. The van der Waals surface area contributed by atoms with Crippen LogP contribution >= 0.6 is 15.9 Å². The number of hydrogen-bond donors (Lipinski definition) is 1. The van der Waals surface area contributed by atoms with Crippen molar-refractivity contribution in [3.05, 3.63) is 58.8 Å². The van der Waals surface area contributed by atoms with Gasteiger partial charge in [0.25, 0.3) is 0 Å². The average Bonchev–Trinajstić information content (AvgIpc) is 2.97. The van der Waals surface area contributed by atoms with E-state index in [0.717, 1.165) is 15.6 Å². The van der Waals surface area contributed by atoms with Crippen LogP contribution in [-0.4, -0.2) is 15.2 Å². The third-order valence-corrected chi connectivity index (χ3v) is 3.24. The first kappa shape index (κ1) is 12.8. The highest BCUT2D eigenvalue weighted by Gasteiger charge is 2.07. The summed E-state index contributed by atoms with van der Waals surface area (Å²) in [4.78, 5) is 3.95. The van der Waals surface area contributed by atoms with E-state index in [4.69, 9.17) is 4.42 Å². The van der Waals surface area contributed by atoms with E-state index < -0.39 is 0 Å². The Labute approximate surface area is 124 Å². The van der Waals surface area contributed by atoms with Gasteiger partial charge < -0.3 is 9.73 Å². The number of nitrogens with zero attached hydrogens (tertiary/aromatic N) is 3. The molecule has 0 spiro atoms. The SMILES string of the molecule is Brc1ccc(CNc2nnc(-c3ccncc3)o2)cc1. The molecule has 0 bridgehead atoms. The Morgan fingerprint density at radius 3 is 2.50 bits per heavy atom. The van der Waals surface area contributed by atoms with Crippen LogP contribution in [0.25, 0.3) is 11.5 Å². The van der Waals surface area contributed by atoms with E-state index in [1.807, 2.05) is 36.4 Å². The third kappa shape index (κ3) is 3.03. The molecule has 5 nitrogen and oxygen atoms in total. The predicted molar refractivity (Wildman–Crippen MR) is 79.0 cm³/mol. The van der Waals surface area contributed by atoms with Gasteiger partial charge in [0, 0.05) is 29.0 Å². The summed E-state index contributed by atoms with van der Waals surface area (Å²) in [5, 5.41) is 11.1. The van der Waals surface area contributed by atoms with Crippen LogP contribution in [0.3, 0.4) is 0 Å². The lowest BCUT2D eigenvalue weighted by Gasteiger charge is -2.01. The third-order valence-electron chi connectivity index (χ3n) is 2.71. The Morgan fingerprint density at radius 2 is 1.75 bits per heavy atom. The fourth-order valence-electron chi connectivity index (χ4n) is 1.69. The number of nitrogens with one attached hydrogen (secondary N) is 1. The first-order valence-electron chi connectivity index (χ1n) is 6.03. The van der Waals surface area contributed by atoms with E-state index in [1.54, 1.807) is 12.4 Å². The van der Waals surface area contributed by atoms with Crippen LogP contribution in [0, 0.1) is 0 Å². The van der Waals surface area contributed by atoms with Crippen molar-refractivity contribution < 1.29 is 4.42 Å². The van der Waals surface area contributed by atoms with Crippen molar-refractivity contribution in [3.8, 4) is 11.5 Å². The Morgan fingerprint density at radius 1 is 1.00 bits per heavy atom. The van der Waals surface area contributed by atoms with Crippen molar-refractivity contribution in [3.63, 3.8) is 0 Å². The molecule has 0 amide bonds. The quantitative estimate of drug-likeness (QED) is 0.793. The molecule has 0 unspecified atom stereocenters. The van der Waals surface area contributed by atoms with Crippen LogP contribution in [-0.2, 0) is 6.54 Å². The van der Waals surface area contributed by atoms with Gasteiger partial charge in [-0.3, -0.25) is 4.98 Å². The average molecular weight is 331 g/mol. The van der Waals surface area contributed by atoms with Gasteiger partial charge in [0.1, 0.15) is 0 Å². The van der Waals surface area contributed by atoms with Crippen LogP contribution in [0.4, 0.5) is 6.01 Å². The Hall–Kier alpha value is -2.21. The minimum Gasteiger partial charge on any atom is -0.403 e. The number of halogens is 1. The summed E-state index contributed by atoms with van der Waals surface area (Å²) in [6.07, 6.45) is 3.38. The summed E-state index contributed by atoms with van der Waals surface area (Å²) in [6.45, 7) is 0.630. The number of benzene rings is 1. The van der Waals surface area contributed by atoms with Crippen LogP contribution < -0.4 is 5.32 Å². The molecule has 20 heavy (non-hydrogen) atoms. The highest BCUT2D eigenvalue weighted by Crippen LogP contribution is 2.19. The van der Waals surface area contributed by atoms with E-state index in [0.29, 0.717) is 18.5 Å². The molecule has 1 aromatic carbocycles. The molecular weight excluding hydrogens is 320 g/mol. The summed E-state index contributed by atoms with van der Waals surface area (Å²) in [7, 11) is 0. The van der Waals surface area contributed by atoms with Crippen molar-refractivity contribution in [2.75, 3.05) is 5.32 Å². The second-order valence-electron chi connectivity index (χ2n) is 4.13. The first-order chi connectivity index (χ1) is 9.81. The summed E-state index contributed by atoms with van der Waals surface area (Å²) in [5.41, 5.74) is 1.99. The number of rotatable bonds is 4. The molecule has 0 aliphatic heterocycles. The molecule has 0 atom stereocenters. The zero-order chi connectivity index (χ0) is 13.8. The Kier molecular flexibility index (Phi) is 3.73. The summed E-state index contributed by atoms with van der Waals surface area (Å²) < 4.78 is 6.60. The molecule has 2 heterocycles. The zero-order valence-corrected chi connectivity index (χ0v) is 12.0. The second-order valence-corrected chi connectivity index (χ2v) is 5.04. The molecule has 0 fully saturated rings. The van der Waals surface area contributed by atoms with Crippen molar-refractivity contribution in [1.29, 1.82) is 0 Å². The normalized spacial score (nSPS) is 10.4. The zero-order valence-electron chi connectivity index (χ0n) is 10.5. The van der Waals surface area contributed by atoms with Crippen molar-refractivity contribution in [1.82, 2.24) is 15.2 Å². The first-order valence-corrected chi connectivity index (χ1v) is 6.83. The van der Waals surface area contributed by atoms with E-state index >= 15 is 0 Å². The fourth-order valence-corrected chi connectivity index (χ4v) is 1.95. The standard InChI is InChI=1S/C14H11BrN4O/c15-12-3-1-10(2-4-12)9-17-14-19-18-13(20-14)11-5-7-16-8-6-11/h1-8H,9H2,(H,17,19). The molecule has 1 N–H and O–H groups in total. The van der Waals surface area contributed by atoms with Gasteiger partial charge in [-0.25, -0.2) is 0 Å². The monoisotopic (exact) mass is 330 g/mol. The number of aromatic nitrogens is 3. The van der Waals surface area contributed by atoms with Crippen LogP contribution in [0.2, 0.25) is 0 Å². The maximum atomic E-state index is 5.54. The molecule has 2 aromatic heterocycles. The van der Waals surface area contributed by atoms with Gasteiger partial charge in [-0.2, -0.15) is 0 Å². The maximum absolute atomic E-state index is 5.54. The van der Waals surface area contributed by atoms with Gasteiger partial charge in [-0.05, 0) is 29.8 Å². The summed E-state index contributed by atoms with van der Waals surface area (Å²) in [5.74, 6) is 0.478. The van der Waals surface area contributed by atoms with Gasteiger partial charge in [-0.1, -0.05) is 33.2 Å². The molecule has 0 aliphatic rings. The van der Waals surface area contributed by atoms with Gasteiger partial charge >= 0.3 is 6.01 Å². The van der Waals surface area contributed by atoms with Crippen molar-refractivity contribution in [2.45, 2.75) is 6.54 Å². The van der Waals surface area contributed by atoms with E-state index in [1.165, 1.54) is 0 Å². The minimum atomic E-state index is 0.403. The van der Waals surface area contributed by atoms with Crippen molar-refractivity contribution in [2.24, 2.45) is 0 Å². The van der Waals surface area contributed by atoms with E-state index in [2.05, 4.69) is 36.4 Å². The lowest BCUT2D eigenvalue weighted by atomic mass is 10.2. The molecule has 0 saturated heterocycles. The highest BCUT2D eigenvalue weighted by atomic mass is 79.9. The van der Waals surface area contributed by atoms with E-state index in [-0.39, 0.29) is 0 Å². The van der Waals surface area contributed by atoms with Gasteiger partial charge in [-0.15, -0.1) is 5.10 Å². The Bertz CT molecular complexity index is 682. The molecular formula is C14H11BrN4O. The molecule has 6 heteroatoms. The molecule has 0 aliphatic carbocycles. The van der Waals surface area contributed by atoms with Crippen LogP contribution in [0.15, 0.2) is 57.7 Å². The van der Waals surface area contributed by atoms with Crippen LogP contribution in [0.1, 0.15) is 5.56 Å². The lowest BCUT2D eigenvalue weighted by molar-refractivity contribution is 0.581. The summed E-state index contributed by atoms with van der Waals surface area (Å²) >= 11 is 3.40. The second kappa shape index (κ2) is 5.83. The largest absolute Gasteiger partial charge is 0.403 e. The summed E-state index contributed by atoms with van der Waals surface area (Å²) in [6, 6.07) is 12.1. The topological polar surface area (TPSA) is 63.8 Å².